The Morgan fingerprint density at radius 1 is 1.10 bits per heavy atom. The molecule has 0 fully saturated rings. The lowest BCUT2D eigenvalue weighted by Crippen LogP contribution is -2.11. The van der Waals surface area contributed by atoms with Gasteiger partial charge in [0, 0.05) is 5.56 Å². The molecule has 6 heteroatoms. The highest BCUT2D eigenvalue weighted by Gasteiger charge is 2.09. The minimum Gasteiger partial charge on any atom is -0.493 e. The molecule has 0 aliphatic rings. The van der Waals surface area contributed by atoms with Crippen molar-refractivity contribution in [1.82, 2.24) is 0 Å². The summed E-state index contributed by atoms with van der Waals surface area (Å²) in [6, 6.07) is 9.96. The number of hydrogen-bond donors (Lipinski definition) is 1. The van der Waals surface area contributed by atoms with Crippen molar-refractivity contribution in [3.63, 3.8) is 0 Å². The van der Waals surface area contributed by atoms with Crippen LogP contribution in [0.4, 0.5) is 0 Å². The van der Waals surface area contributed by atoms with E-state index in [4.69, 9.17) is 38.4 Å². The van der Waals surface area contributed by atoms with Crippen LogP contribution in [-0.2, 0) is 6.61 Å². The third-order valence-corrected chi connectivity index (χ3v) is 3.57. The molecule has 0 atom stereocenters. The predicted octanol–water partition coefficient (Wildman–Crippen LogP) is 3.68. The van der Waals surface area contributed by atoms with Crippen molar-refractivity contribution < 1.29 is 14.3 Å². The Balaban J connectivity index is 2.19. The minimum absolute atomic E-state index is 0.259. The van der Waals surface area contributed by atoms with Gasteiger partial charge in [-0.3, -0.25) is 4.79 Å². The first-order chi connectivity index (χ1) is 10.0. The van der Waals surface area contributed by atoms with E-state index in [1.54, 1.807) is 36.4 Å². The lowest BCUT2D eigenvalue weighted by molar-refractivity contribution is 0.0999. The van der Waals surface area contributed by atoms with Crippen molar-refractivity contribution >= 4 is 29.1 Å². The molecule has 0 radical (unpaired) electrons. The van der Waals surface area contributed by atoms with Gasteiger partial charge in [-0.25, -0.2) is 0 Å². The topological polar surface area (TPSA) is 61.5 Å². The fraction of sp³-hybridized carbons (Fsp3) is 0.133. The Bertz CT molecular complexity index is 674. The van der Waals surface area contributed by atoms with Gasteiger partial charge in [-0.05, 0) is 35.9 Å². The number of carbonyl (C=O) groups excluding carboxylic acids is 1. The average molecular weight is 326 g/mol. The second-order valence-corrected chi connectivity index (χ2v) is 5.08. The van der Waals surface area contributed by atoms with Crippen molar-refractivity contribution in [3.8, 4) is 11.5 Å². The fourth-order valence-corrected chi connectivity index (χ4v) is 2.05. The van der Waals surface area contributed by atoms with Gasteiger partial charge in [-0.15, -0.1) is 0 Å². The maximum absolute atomic E-state index is 11.2. The zero-order chi connectivity index (χ0) is 15.4. The second kappa shape index (κ2) is 6.70. The van der Waals surface area contributed by atoms with Crippen LogP contribution in [0, 0.1) is 0 Å². The average Bonchev–Trinajstić information content (AvgIpc) is 2.48. The van der Waals surface area contributed by atoms with Gasteiger partial charge < -0.3 is 15.2 Å². The van der Waals surface area contributed by atoms with Crippen molar-refractivity contribution in [2.45, 2.75) is 6.61 Å². The van der Waals surface area contributed by atoms with Gasteiger partial charge >= 0.3 is 0 Å². The Kier molecular flexibility index (Phi) is 4.94. The molecule has 0 aliphatic carbocycles. The molecule has 2 aromatic rings. The zero-order valence-electron chi connectivity index (χ0n) is 11.2. The molecule has 1 amide bonds. The van der Waals surface area contributed by atoms with E-state index in [0.717, 1.165) is 5.56 Å². The Hall–Kier alpha value is -1.91. The van der Waals surface area contributed by atoms with Crippen LogP contribution in [0.15, 0.2) is 36.4 Å². The first-order valence-corrected chi connectivity index (χ1v) is 6.81. The number of hydrogen-bond acceptors (Lipinski definition) is 3. The summed E-state index contributed by atoms with van der Waals surface area (Å²) in [5.41, 5.74) is 6.44. The summed E-state index contributed by atoms with van der Waals surface area (Å²) < 4.78 is 10.9. The molecule has 110 valence electrons. The Morgan fingerprint density at radius 2 is 1.86 bits per heavy atom. The first-order valence-electron chi connectivity index (χ1n) is 6.06. The summed E-state index contributed by atoms with van der Waals surface area (Å²) in [4.78, 5) is 11.2. The second-order valence-electron chi connectivity index (χ2n) is 4.27. The highest BCUT2D eigenvalue weighted by Crippen LogP contribution is 2.29. The van der Waals surface area contributed by atoms with E-state index in [-0.39, 0.29) is 6.61 Å². The maximum Gasteiger partial charge on any atom is 0.248 e. The van der Waals surface area contributed by atoms with E-state index in [1.807, 2.05) is 0 Å². The molecule has 0 aromatic heterocycles. The van der Waals surface area contributed by atoms with E-state index in [2.05, 4.69) is 0 Å². The molecule has 2 rings (SSSR count). The molecule has 2 aromatic carbocycles. The number of ether oxygens (including phenoxy) is 2. The molecular weight excluding hydrogens is 313 g/mol. The Morgan fingerprint density at radius 3 is 2.48 bits per heavy atom. The summed E-state index contributed by atoms with van der Waals surface area (Å²) in [5, 5.41) is 0.935. The van der Waals surface area contributed by atoms with Crippen molar-refractivity contribution in [2.75, 3.05) is 7.11 Å². The molecular formula is C15H13Cl2NO3. The van der Waals surface area contributed by atoms with E-state index < -0.39 is 5.91 Å². The van der Waals surface area contributed by atoms with Crippen LogP contribution in [0.2, 0.25) is 10.0 Å². The summed E-state index contributed by atoms with van der Waals surface area (Å²) in [6.07, 6.45) is 0. The van der Waals surface area contributed by atoms with Crippen molar-refractivity contribution in [1.29, 1.82) is 0 Å². The molecule has 0 heterocycles. The molecule has 0 bridgehead atoms. The predicted molar refractivity (Wildman–Crippen MR) is 82.3 cm³/mol. The number of rotatable bonds is 5. The summed E-state index contributed by atoms with van der Waals surface area (Å²) in [7, 11) is 1.52. The fourth-order valence-electron chi connectivity index (χ4n) is 1.73. The van der Waals surface area contributed by atoms with Crippen LogP contribution in [0.5, 0.6) is 11.5 Å². The van der Waals surface area contributed by atoms with Crippen molar-refractivity contribution in [3.05, 3.63) is 57.6 Å². The van der Waals surface area contributed by atoms with Gasteiger partial charge in [-0.1, -0.05) is 29.3 Å². The van der Waals surface area contributed by atoms with Crippen LogP contribution < -0.4 is 15.2 Å². The van der Waals surface area contributed by atoms with Gasteiger partial charge in [0.2, 0.25) is 5.91 Å². The number of halogens is 2. The van der Waals surface area contributed by atoms with Gasteiger partial charge in [0.05, 0.1) is 17.2 Å². The third-order valence-electron chi connectivity index (χ3n) is 2.83. The smallest absolute Gasteiger partial charge is 0.248 e. The number of carbonyl (C=O) groups is 1. The van der Waals surface area contributed by atoms with E-state index >= 15 is 0 Å². The zero-order valence-corrected chi connectivity index (χ0v) is 12.7. The number of benzene rings is 2. The van der Waals surface area contributed by atoms with Crippen LogP contribution >= 0.6 is 23.2 Å². The standard InChI is InChI=1S/C15H13Cl2NO3/c1-20-13-5-3-10(15(18)19)7-14(13)21-8-9-2-4-11(16)12(17)6-9/h2-7H,8H2,1H3,(H2,18,19). The summed E-state index contributed by atoms with van der Waals surface area (Å²) in [5.74, 6) is 0.414. The SMILES string of the molecule is COc1ccc(C(N)=O)cc1OCc1ccc(Cl)c(Cl)c1. The van der Waals surface area contributed by atoms with Gasteiger partial charge in [0.1, 0.15) is 6.61 Å². The van der Waals surface area contributed by atoms with E-state index in [1.165, 1.54) is 7.11 Å². The molecule has 0 saturated heterocycles. The molecule has 0 unspecified atom stereocenters. The Labute approximate surface area is 132 Å². The lowest BCUT2D eigenvalue weighted by Gasteiger charge is -2.12. The van der Waals surface area contributed by atoms with Gasteiger partial charge in [0.25, 0.3) is 0 Å². The molecule has 0 saturated carbocycles. The number of nitrogens with two attached hydrogens (primary N) is 1. The van der Waals surface area contributed by atoms with Crippen LogP contribution in [0.3, 0.4) is 0 Å². The molecule has 21 heavy (non-hydrogen) atoms. The number of amides is 1. The van der Waals surface area contributed by atoms with E-state index in [0.29, 0.717) is 27.1 Å². The summed E-state index contributed by atoms with van der Waals surface area (Å²) >= 11 is 11.8. The van der Waals surface area contributed by atoms with Crippen molar-refractivity contribution in [2.24, 2.45) is 5.73 Å². The van der Waals surface area contributed by atoms with Gasteiger partial charge in [0.15, 0.2) is 11.5 Å². The maximum atomic E-state index is 11.2. The molecule has 2 N–H and O–H groups in total. The number of primary amides is 1. The molecule has 0 aliphatic heterocycles. The number of methoxy groups -OCH3 is 1. The summed E-state index contributed by atoms with van der Waals surface area (Å²) in [6.45, 7) is 0.259. The van der Waals surface area contributed by atoms with E-state index in [9.17, 15) is 4.79 Å². The highest BCUT2D eigenvalue weighted by molar-refractivity contribution is 6.42. The minimum atomic E-state index is -0.531. The van der Waals surface area contributed by atoms with Crippen LogP contribution in [0.25, 0.3) is 0 Å². The largest absolute Gasteiger partial charge is 0.493 e. The molecule has 0 spiro atoms. The third kappa shape index (κ3) is 3.80. The van der Waals surface area contributed by atoms with Crippen LogP contribution in [-0.4, -0.2) is 13.0 Å². The molecule has 4 nitrogen and oxygen atoms in total. The monoisotopic (exact) mass is 325 g/mol. The normalized spacial score (nSPS) is 10.2. The lowest BCUT2D eigenvalue weighted by atomic mass is 10.2. The first kappa shape index (κ1) is 15.5. The highest BCUT2D eigenvalue weighted by atomic mass is 35.5. The van der Waals surface area contributed by atoms with Gasteiger partial charge in [-0.2, -0.15) is 0 Å². The van der Waals surface area contributed by atoms with Crippen LogP contribution in [0.1, 0.15) is 15.9 Å². The quantitative estimate of drug-likeness (QED) is 0.912.